The normalized spacial score (nSPS) is 21.8. The Hall–Kier alpha value is -4.25. The maximum Gasteiger partial charge on any atom is 0.143 e. The van der Waals surface area contributed by atoms with Crippen molar-refractivity contribution in [3.63, 3.8) is 0 Å². The summed E-state index contributed by atoms with van der Waals surface area (Å²) in [6.07, 6.45) is 4.72. The van der Waals surface area contributed by atoms with E-state index < -0.39 is 0 Å². The van der Waals surface area contributed by atoms with E-state index in [2.05, 4.69) is 78.8 Å². The lowest BCUT2D eigenvalue weighted by Crippen LogP contribution is -2.48. The molecule has 188 valence electrons. The van der Waals surface area contributed by atoms with Crippen LogP contribution in [-0.4, -0.2) is 15.1 Å². The van der Waals surface area contributed by atoms with Gasteiger partial charge >= 0.3 is 0 Å². The Morgan fingerprint density at radius 2 is 1.68 bits per heavy atom. The minimum Gasteiger partial charge on any atom is -0.399 e. The number of nitrogens with two attached hydrogens (primary N) is 1. The highest BCUT2D eigenvalue weighted by Crippen LogP contribution is 2.57. The molecule has 5 heteroatoms. The highest BCUT2D eigenvalue weighted by Gasteiger charge is 2.54. The van der Waals surface area contributed by atoms with Crippen LogP contribution in [0.4, 0.5) is 5.69 Å². The van der Waals surface area contributed by atoms with Crippen LogP contribution in [0.5, 0.6) is 0 Å². The van der Waals surface area contributed by atoms with Gasteiger partial charge in [-0.3, -0.25) is 0 Å². The molecule has 2 N–H and O–H groups in total. The van der Waals surface area contributed by atoms with Crippen LogP contribution in [0.15, 0.2) is 89.6 Å². The number of hydrogen-bond acceptors (Lipinski definition) is 5. The molecule has 0 amide bonds. The van der Waals surface area contributed by atoms with Crippen LogP contribution in [0.25, 0.3) is 22.4 Å². The number of anilines is 1. The number of hydrogen-bond donors (Lipinski definition) is 1. The van der Waals surface area contributed by atoms with Gasteiger partial charge in [-0.1, -0.05) is 72.7 Å². The van der Waals surface area contributed by atoms with Crippen molar-refractivity contribution >= 4 is 5.69 Å². The van der Waals surface area contributed by atoms with Crippen molar-refractivity contribution in [1.29, 1.82) is 0 Å². The fraction of sp³-hybridized carbons (Fsp3) is 0.242. The average molecular weight is 499 g/mol. The SMILES string of the molecule is Cc1nc(-c2cccc(-c3ccc(N)cc3)c2)c2c(n1)[C@@]1(c3ccccc3)Cc3cnoc3[C@@H](C)[C@@H]1CC2. The number of nitrogen functional groups attached to an aromatic ring is 1. The van der Waals surface area contributed by atoms with Crippen molar-refractivity contribution < 1.29 is 4.52 Å². The van der Waals surface area contributed by atoms with Crippen molar-refractivity contribution in [2.45, 2.75) is 44.4 Å². The highest BCUT2D eigenvalue weighted by molar-refractivity contribution is 5.74. The summed E-state index contributed by atoms with van der Waals surface area (Å²) in [5.74, 6) is 2.45. The first-order chi connectivity index (χ1) is 18.5. The number of nitrogens with zero attached hydrogens (tertiary/aromatic N) is 3. The largest absolute Gasteiger partial charge is 0.399 e. The lowest BCUT2D eigenvalue weighted by molar-refractivity contribution is 0.188. The zero-order valence-electron chi connectivity index (χ0n) is 21.7. The second-order valence-corrected chi connectivity index (χ2v) is 10.8. The molecular weight excluding hydrogens is 468 g/mol. The molecule has 2 aliphatic rings. The lowest BCUT2D eigenvalue weighted by Gasteiger charge is -2.50. The molecule has 2 aliphatic carbocycles. The quantitative estimate of drug-likeness (QED) is 0.274. The zero-order valence-corrected chi connectivity index (χ0v) is 21.7. The van der Waals surface area contributed by atoms with Gasteiger partial charge in [-0.05, 0) is 67.0 Å². The Kier molecular flexibility index (Phi) is 5.22. The lowest BCUT2D eigenvalue weighted by atomic mass is 9.53. The molecule has 2 heterocycles. The van der Waals surface area contributed by atoms with Crippen molar-refractivity contribution in [3.05, 3.63) is 119 Å². The molecular formula is C33H30N4O. The molecule has 0 radical (unpaired) electrons. The van der Waals surface area contributed by atoms with Gasteiger partial charge in [0.25, 0.3) is 0 Å². The van der Waals surface area contributed by atoms with E-state index >= 15 is 0 Å². The maximum absolute atomic E-state index is 5.94. The van der Waals surface area contributed by atoms with E-state index in [0.29, 0.717) is 5.92 Å². The van der Waals surface area contributed by atoms with Crippen molar-refractivity contribution in [1.82, 2.24) is 15.1 Å². The first kappa shape index (κ1) is 22.9. The zero-order chi connectivity index (χ0) is 25.9. The van der Waals surface area contributed by atoms with Crippen LogP contribution < -0.4 is 5.73 Å². The third kappa shape index (κ3) is 3.42. The van der Waals surface area contributed by atoms with Crippen molar-refractivity contribution in [2.75, 3.05) is 5.73 Å². The van der Waals surface area contributed by atoms with E-state index in [9.17, 15) is 0 Å². The Labute approximate surface area is 222 Å². The van der Waals surface area contributed by atoms with E-state index in [1.165, 1.54) is 22.4 Å². The van der Waals surface area contributed by atoms with Gasteiger partial charge in [0.1, 0.15) is 11.6 Å². The Balaban J connectivity index is 1.45. The highest BCUT2D eigenvalue weighted by atomic mass is 16.5. The van der Waals surface area contributed by atoms with Gasteiger partial charge in [0.2, 0.25) is 0 Å². The standard InChI is InChI=1S/C33H30N4O/c1-20-29-16-15-28-30(24-8-6-7-23(17-24)22-11-13-27(34)14-12-22)36-21(2)37-32(28)33(29,26-9-4-3-5-10-26)18-25-19-35-38-31(20)25/h3-14,17,19-20,29H,15-16,18,34H2,1-2H3/t20-,29-,33+/m0/s1. The van der Waals surface area contributed by atoms with Crippen molar-refractivity contribution in [3.8, 4) is 22.4 Å². The minimum atomic E-state index is -0.260. The van der Waals surface area contributed by atoms with Crippen LogP contribution in [-0.2, 0) is 18.3 Å². The summed E-state index contributed by atoms with van der Waals surface area (Å²) >= 11 is 0. The Morgan fingerprint density at radius 1 is 0.895 bits per heavy atom. The van der Waals surface area contributed by atoms with E-state index in [-0.39, 0.29) is 11.3 Å². The first-order valence-electron chi connectivity index (χ1n) is 13.4. The van der Waals surface area contributed by atoms with E-state index in [0.717, 1.165) is 58.9 Å². The molecule has 0 saturated heterocycles. The van der Waals surface area contributed by atoms with E-state index in [1.807, 2.05) is 25.3 Å². The summed E-state index contributed by atoms with van der Waals surface area (Å²) < 4.78 is 5.77. The molecule has 0 fully saturated rings. The van der Waals surface area contributed by atoms with Gasteiger partial charge in [0.05, 0.1) is 17.6 Å². The number of aryl methyl sites for hydroxylation is 1. The van der Waals surface area contributed by atoms with E-state index in [1.54, 1.807) is 0 Å². The molecule has 0 saturated carbocycles. The summed E-state index contributed by atoms with van der Waals surface area (Å²) in [5.41, 5.74) is 15.8. The molecule has 2 aromatic heterocycles. The minimum absolute atomic E-state index is 0.252. The fourth-order valence-electron chi connectivity index (χ4n) is 7.02. The Morgan fingerprint density at radius 3 is 2.50 bits per heavy atom. The van der Waals surface area contributed by atoms with Crippen LogP contribution in [0, 0.1) is 12.8 Å². The third-order valence-electron chi connectivity index (χ3n) is 8.71. The summed E-state index contributed by atoms with van der Waals surface area (Å²) in [6.45, 7) is 4.31. The van der Waals surface area contributed by atoms with E-state index in [4.69, 9.17) is 20.2 Å². The second-order valence-electron chi connectivity index (χ2n) is 10.8. The van der Waals surface area contributed by atoms with Gasteiger partial charge in [0, 0.05) is 33.7 Å². The second kappa shape index (κ2) is 8.66. The van der Waals surface area contributed by atoms with Gasteiger partial charge < -0.3 is 10.3 Å². The summed E-state index contributed by atoms with van der Waals surface area (Å²) in [5, 5.41) is 4.20. The monoisotopic (exact) mass is 498 g/mol. The van der Waals surface area contributed by atoms with Crippen LogP contribution in [0.2, 0.25) is 0 Å². The number of aromatic nitrogens is 3. The van der Waals surface area contributed by atoms with Crippen LogP contribution in [0.1, 0.15) is 53.2 Å². The summed E-state index contributed by atoms with van der Waals surface area (Å²) in [6, 6.07) is 27.7. The maximum atomic E-state index is 5.94. The Bertz CT molecular complexity index is 1640. The molecule has 0 spiro atoms. The van der Waals surface area contributed by atoms with Gasteiger partial charge in [-0.2, -0.15) is 0 Å². The molecule has 7 rings (SSSR count). The summed E-state index contributed by atoms with van der Waals surface area (Å²) in [7, 11) is 0. The molecule has 0 aliphatic heterocycles. The van der Waals surface area contributed by atoms with Gasteiger partial charge in [0.15, 0.2) is 0 Å². The van der Waals surface area contributed by atoms with Crippen LogP contribution in [0.3, 0.4) is 0 Å². The molecule has 0 bridgehead atoms. The molecule has 3 atom stereocenters. The third-order valence-corrected chi connectivity index (χ3v) is 8.71. The molecule has 3 aromatic carbocycles. The molecule has 0 unspecified atom stereocenters. The number of benzene rings is 3. The molecule has 38 heavy (non-hydrogen) atoms. The average Bonchev–Trinajstić information content (AvgIpc) is 3.42. The fourth-order valence-corrected chi connectivity index (χ4v) is 7.02. The number of fused-ring (bicyclic) bond motifs is 4. The van der Waals surface area contributed by atoms with Gasteiger partial charge in [-0.25, -0.2) is 9.97 Å². The topological polar surface area (TPSA) is 77.8 Å². The van der Waals surface area contributed by atoms with Crippen molar-refractivity contribution in [2.24, 2.45) is 5.92 Å². The van der Waals surface area contributed by atoms with Gasteiger partial charge in [-0.15, -0.1) is 0 Å². The predicted molar refractivity (Wildman–Crippen MR) is 150 cm³/mol. The summed E-state index contributed by atoms with van der Waals surface area (Å²) in [4.78, 5) is 10.3. The molecule has 5 aromatic rings. The predicted octanol–water partition coefficient (Wildman–Crippen LogP) is 6.90. The smallest absolute Gasteiger partial charge is 0.143 e. The first-order valence-corrected chi connectivity index (χ1v) is 13.4. The van der Waals surface area contributed by atoms with Crippen LogP contribution >= 0.6 is 0 Å². The number of rotatable bonds is 3. The molecule has 5 nitrogen and oxygen atoms in total.